The third-order valence-corrected chi connectivity index (χ3v) is 6.32. The zero-order valence-corrected chi connectivity index (χ0v) is 18.7. The summed E-state index contributed by atoms with van der Waals surface area (Å²) in [5, 5.41) is 21.6. The van der Waals surface area contributed by atoms with Gasteiger partial charge in [-0.15, -0.1) is 0 Å². The Balaban J connectivity index is 1.13. The first-order valence-corrected chi connectivity index (χ1v) is 11.3. The van der Waals surface area contributed by atoms with E-state index in [1.54, 1.807) is 0 Å². The molecule has 4 rings (SSSR count). The molecule has 3 N–H and O–H groups in total. The molecule has 9 nitrogen and oxygen atoms in total. The molecule has 1 unspecified atom stereocenters. The second-order valence-corrected chi connectivity index (χ2v) is 8.52. The van der Waals surface area contributed by atoms with Gasteiger partial charge in [-0.05, 0) is 22.3 Å². The second kappa shape index (κ2) is 10.2. The van der Waals surface area contributed by atoms with E-state index in [-0.39, 0.29) is 64.1 Å². The third-order valence-electron chi connectivity index (χ3n) is 6.32. The lowest BCUT2D eigenvalue weighted by Gasteiger charge is -2.19. The fraction of sp³-hybridized carbons (Fsp3) is 0.400. The Morgan fingerprint density at radius 3 is 2.29 bits per heavy atom. The Labute approximate surface area is 197 Å². The molecule has 0 saturated carbocycles. The fourth-order valence-corrected chi connectivity index (χ4v) is 4.48. The van der Waals surface area contributed by atoms with Crippen molar-refractivity contribution in [3.63, 3.8) is 0 Å². The summed E-state index contributed by atoms with van der Waals surface area (Å²) >= 11 is 0. The highest BCUT2D eigenvalue weighted by Crippen LogP contribution is 2.44. The summed E-state index contributed by atoms with van der Waals surface area (Å²) in [6.07, 6.45) is -0.453. The number of carboxylic acids is 1. The summed E-state index contributed by atoms with van der Waals surface area (Å²) in [5.74, 6) is -1.61. The van der Waals surface area contributed by atoms with Crippen molar-refractivity contribution in [1.29, 1.82) is 0 Å². The van der Waals surface area contributed by atoms with Crippen LogP contribution in [0.4, 0.5) is 4.79 Å². The molecule has 1 fully saturated rings. The number of alkyl carbamates (subject to hydrolysis) is 1. The molecule has 9 heteroatoms. The highest BCUT2D eigenvalue weighted by molar-refractivity contribution is 5.82. The fourth-order valence-electron chi connectivity index (χ4n) is 4.48. The molecule has 1 aliphatic carbocycles. The number of carbonyl (C=O) groups is 3. The molecule has 0 aromatic heterocycles. The van der Waals surface area contributed by atoms with Gasteiger partial charge in [0.1, 0.15) is 6.61 Å². The monoisotopic (exact) mass is 468 g/mol. The van der Waals surface area contributed by atoms with Crippen molar-refractivity contribution >= 4 is 18.0 Å². The summed E-state index contributed by atoms with van der Waals surface area (Å²) in [7, 11) is 0. The molecule has 1 heterocycles. The van der Waals surface area contributed by atoms with Crippen LogP contribution in [-0.4, -0.2) is 78.1 Å². The average Bonchev–Trinajstić information content (AvgIpc) is 3.39. The summed E-state index contributed by atoms with van der Waals surface area (Å²) in [4.78, 5) is 36.6. The first-order valence-electron chi connectivity index (χ1n) is 11.3. The molecule has 1 saturated heterocycles. The number of ether oxygens (including phenoxy) is 2. The summed E-state index contributed by atoms with van der Waals surface area (Å²) in [6.45, 7) is 0.778. The number of amides is 2. The summed E-state index contributed by atoms with van der Waals surface area (Å²) in [5.41, 5.74) is 2.74. The minimum atomic E-state index is -1.87. The molecule has 34 heavy (non-hydrogen) atoms. The maximum Gasteiger partial charge on any atom is 0.407 e. The lowest BCUT2D eigenvalue weighted by Crippen LogP contribution is -2.42. The molecule has 2 amide bonds. The van der Waals surface area contributed by atoms with E-state index in [4.69, 9.17) is 14.6 Å². The lowest BCUT2D eigenvalue weighted by molar-refractivity contribution is -0.157. The Hall–Kier alpha value is -3.43. The van der Waals surface area contributed by atoms with E-state index in [1.165, 1.54) is 4.90 Å². The van der Waals surface area contributed by atoms with Gasteiger partial charge in [0.15, 0.2) is 5.60 Å². The summed E-state index contributed by atoms with van der Waals surface area (Å²) < 4.78 is 10.8. The Morgan fingerprint density at radius 2 is 1.68 bits per heavy atom. The number of β-amino-alcohol motifs (C(OH)–C–C–N with tert-alkyl or cyclic N) is 1. The zero-order valence-electron chi connectivity index (χ0n) is 18.7. The van der Waals surface area contributed by atoms with Gasteiger partial charge in [0.2, 0.25) is 5.91 Å². The van der Waals surface area contributed by atoms with Crippen molar-refractivity contribution in [3.8, 4) is 11.1 Å². The Kier molecular flexibility index (Phi) is 7.14. The van der Waals surface area contributed by atoms with Gasteiger partial charge in [-0.1, -0.05) is 48.5 Å². The van der Waals surface area contributed by atoms with E-state index >= 15 is 0 Å². The van der Waals surface area contributed by atoms with Crippen LogP contribution < -0.4 is 5.32 Å². The molecule has 0 spiro atoms. The number of carboxylic acid groups (broad SMARTS) is 1. The van der Waals surface area contributed by atoms with E-state index in [2.05, 4.69) is 29.6 Å². The third kappa shape index (κ3) is 5.05. The number of likely N-dealkylation sites (tertiary alicyclic amines) is 1. The first-order chi connectivity index (χ1) is 16.4. The normalized spacial score (nSPS) is 18.9. The number of hydrogen-bond donors (Lipinski definition) is 3. The lowest BCUT2D eigenvalue weighted by atomic mass is 9.98. The van der Waals surface area contributed by atoms with Gasteiger partial charge in [0, 0.05) is 25.4 Å². The highest BCUT2D eigenvalue weighted by Gasteiger charge is 2.44. The van der Waals surface area contributed by atoms with Crippen molar-refractivity contribution in [3.05, 3.63) is 59.7 Å². The van der Waals surface area contributed by atoms with E-state index in [9.17, 15) is 19.5 Å². The minimum absolute atomic E-state index is 0.00946. The van der Waals surface area contributed by atoms with Crippen molar-refractivity contribution in [1.82, 2.24) is 10.2 Å². The van der Waals surface area contributed by atoms with Crippen LogP contribution in [0.15, 0.2) is 48.5 Å². The van der Waals surface area contributed by atoms with Crippen molar-refractivity contribution in [2.24, 2.45) is 0 Å². The van der Waals surface area contributed by atoms with Gasteiger partial charge in [-0.3, -0.25) is 4.79 Å². The van der Waals surface area contributed by atoms with Crippen LogP contribution in [0.2, 0.25) is 0 Å². The van der Waals surface area contributed by atoms with Gasteiger partial charge < -0.3 is 29.9 Å². The van der Waals surface area contributed by atoms with E-state index in [0.717, 1.165) is 22.3 Å². The molecular formula is C25H28N2O7. The zero-order chi connectivity index (χ0) is 24.1. The van der Waals surface area contributed by atoms with E-state index in [0.29, 0.717) is 0 Å². The smallest absolute Gasteiger partial charge is 0.407 e. The van der Waals surface area contributed by atoms with Crippen molar-refractivity contribution < 1.29 is 34.1 Å². The molecule has 180 valence electrons. The van der Waals surface area contributed by atoms with Crippen LogP contribution in [0.1, 0.15) is 29.9 Å². The number of aliphatic hydroxyl groups is 1. The number of fused-ring (bicyclic) bond motifs is 3. The number of carbonyl (C=O) groups excluding carboxylic acids is 2. The van der Waals surface area contributed by atoms with Gasteiger partial charge >= 0.3 is 12.1 Å². The number of nitrogens with one attached hydrogen (secondary N) is 1. The predicted octanol–water partition coefficient (Wildman–Crippen LogP) is 1.98. The van der Waals surface area contributed by atoms with Crippen LogP contribution in [0.3, 0.4) is 0 Å². The van der Waals surface area contributed by atoms with Gasteiger partial charge in [0.25, 0.3) is 0 Å². The average molecular weight is 469 g/mol. The molecule has 1 atom stereocenters. The second-order valence-electron chi connectivity index (χ2n) is 8.52. The van der Waals surface area contributed by atoms with Crippen LogP contribution in [0.5, 0.6) is 0 Å². The maximum atomic E-state index is 12.1. The molecule has 0 radical (unpaired) electrons. The highest BCUT2D eigenvalue weighted by atomic mass is 16.5. The number of hydrogen-bond acceptors (Lipinski definition) is 6. The van der Waals surface area contributed by atoms with E-state index < -0.39 is 17.7 Å². The van der Waals surface area contributed by atoms with Gasteiger partial charge in [-0.2, -0.15) is 0 Å². The maximum absolute atomic E-state index is 12.1. The SMILES string of the molecule is O=C(NCCOCCC(=O)N1CCC(O)(C(=O)O)C1)OCC1c2ccccc2-c2ccccc21. The van der Waals surface area contributed by atoms with Crippen molar-refractivity contribution in [2.75, 3.05) is 39.5 Å². The minimum Gasteiger partial charge on any atom is -0.479 e. The van der Waals surface area contributed by atoms with Crippen molar-refractivity contribution in [2.45, 2.75) is 24.4 Å². The largest absolute Gasteiger partial charge is 0.479 e. The van der Waals surface area contributed by atoms with Gasteiger partial charge in [0.05, 0.1) is 26.2 Å². The Bertz CT molecular complexity index is 1030. The molecule has 2 aliphatic rings. The topological polar surface area (TPSA) is 125 Å². The number of aliphatic carboxylic acids is 1. The van der Waals surface area contributed by atoms with Crippen LogP contribution in [0.25, 0.3) is 11.1 Å². The van der Waals surface area contributed by atoms with E-state index in [1.807, 2.05) is 24.3 Å². The number of benzene rings is 2. The van der Waals surface area contributed by atoms with Crippen LogP contribution in [-0.2, 0) is 19.1 Å². The number of rotatable bonds is 9. The van der Waals surface area contributed by atoms with Crippen LogP contribution in [0, 0.1) is 0 Å². The molecule has 1 aliphatic heterocycles. The van der Waals surface area contributed by atoms with Gasteiger partial charge in [-0.25, -0.2) is 9.59 Å². The first kappa shape index (κ1) is 23.7. The quantitative estimate of drug-likeness (QED) is 0.481. The summed E-state index contributed by atoms with van der Waals surface area (Å²) in [6, 6.07) is 16.2. The molecule has 0 bridgehead atoms. The standard InChI is InChI=1S/C25H28N2O7/c28-22(27-12-10-25(32,16-27)23(29)30)9-13-33-14-11-26-24(31)34-15-21-19-7-3-1-5-17(19)18-6-2-4-8-20(18)21/h1-8,21,32H,9-16H2,(H,26,31)(H,29,30). The molecule has 2 aromatic rings. The molecular weight excluding hydrogens is 440 g/mol. The Morgan fingerprint density at radius 1 is 1.03 bits per heavy atom. The van der Waals surface area contributed by atoms with Crippen LogP contribution >= 0.6 is 0 Å². The predicted molar refractivity (Wildman–Crippen MR) is 122 cm³/mol. The number of nitrogens with zero attached hydrogens (tertiary/aromatic N) is 1. The molecule has 2 aromatic carbocycles.